The molecule has 0 aliphatic carbocycles. The van der Waals surface area contributed by atoms with Gasteiger partial charge in [0.1, 0.15) is 5.75 Å². The Hall–Kier alpha value is -3.02. The Morgan fingerprint density at radius 2 is 1.86 bits per heavy atom. The first-order valence-corrected chi connectivity index (χ1v) is 6.48. The van der Waals surface area contributed by atoms with Gasteiger partial charge in [0.25, 0.3) is 5.91 Å². The second-order valence-corrected chi connectivity index (χ2v) is 4.36. The van der Waals surface area contributed by atoms with E-state index < -0.39 is 5.91 Å². The van der Waals surface area contributed by atoms with Gasteiger partial charge in [-0.15, -0.1) is 0 Å². The molecule has 0 spiro atoms. The normalized spacial score (nSPS) is 10.5. The Morgan fingerprint density at radius 3 is 2.50 bits per heavy atom. The minimum atomic E-state index is -0.400. The van der Waals surface area contributed by atoms with Crippen molar-refractivity contribution in [2.45, 2.75) is 0 Å². The average Bonchev–Trinajstić information content (AvgIpc) is 2.55. The van der Waals surface area contributed by atoms with E-state index in [0.29, 0.717) is 5.56 Å². The van der Waals surface area contributed by atoms with E-state index in [1.807, 2.05) is 12.1 Å². The van der Waals surface area contributed by atoms with E-state index >= 15 is 0 Å². The number of amides is 1. The van der Waals surface area contributed by atoms with Gasteiger partial charge < -0.3 is 14.6 Å². The molecular weight excluding hydrogens is 284 g/mol. The molecule has 0 saturated heterocycles. The van der Waals surface area contributed by atoms with Crippen molar-refractivity contribution in [1.82, 2.24) is 5.43 Å². The van der Waals surface area contributed by atoms with Crippen molar-refractivity contribution >= 4 is 12.1 Å². The number of methoxy groups -OCH3 is 2. The number of nitrogens with one attached hydrogen (secondary N) is 1. The summed E-state index contributed by atoms with van der Waals surface area (Å²) in [5.41, 5.74) is 3.57. The number of hydrogen-bond acceptors (Lipinski definition) is 5. The lowest BCUT2D eigenvalue weighted by Gasteiger charge is -2.05. The lowest BCUT2D eigenvalue weighted by Crippen LogP contribution is -2.17. The molecule has 6 heteroatoms. The molecule has 0 saturated carbocycles. The van der Waals surface area contributed by atoms with Gasteiger partial charge in [0, 0.05) is 5.56 Å². The molecule has 114 valence electrons. The molecule has 0 bridgehead atoms. The summed E-state index contributed by atoms with van der Waals surface area (Å²) >= 11 is 0. The van der Waals surface area contributed by atoms with Gasteiger partial charge in [-0.1, -0.05) is 0 Å². The number of carbonyl (C=O) groups excluding carboxylic acids is 1. The van der Waals surface area contributed by atoms with Gasteiger partial charge >= 0.3 is 0 Å². The van der Waals surface area contributed by atoms with Gasteiger partial charge in [-0.3, -0.25) is 4.79 Å². The zero-order valence-electron chi connectivity index (χ0n) is 12.2. The highest BCUT2D eigenvalue weighted by molar-refractivity contribution is 5.95. The number of phenols is 1. The van der Waals surface area contributed by atoms with Gasteiger partial charge in [0.2, 0.25) is 0 Å². The van der Waals surface area contributed by atoms with Gasteiger partial charge in [-0.05, 0) is 48.0 Å². The van der Waals surface area contributed by atoms with Crippen LogP contribution < -0.4 is 14.9 Å². The third-order valence-electron chi connectivity index (χ3n) is 2.94. The summed E-state index contributed by atoms with van der Waals surface area (Å²) in [6.45, 7) is 0. The van der Waals surface area contributed by atoms with Crippen LogP contribution in [0.15, 0.2) is 47.6 Å². The molecule has 22 heavy (non-hydrogen) atoms. The Kier molecular flexibility index (Phi) is 4.98. The Bertz CT molecular complexity index is 681. The monoisotopic (exact) mass is 300 g/mol. The molecule has 0 unspecified atom stereocenters. The van der Waals surface area contributed by atoms with Crippen LogP contribution in [0.25, 0.3) is 0 Å². The molecule has 0 heterocycles. The zero-order chi connectivity index (χ0) is 15.9. The lowest BCUT2D eigenvalue weighted by atomic mass is 10.2. The molecule has 2 N–H and O–H groups in total. The predicted molar refractivity (Wildman–Crippen MR) is 82.7 cm³/mol. The standard InChI is InChI=1S/C16H16N2O4/c1-21-13-6-3-11(4-7-13)10-17-18-16(20)12-5-8-14(19)15(9-12)22-2/h3-10,19H,1-2H3,(H,18,20)/b17-10+. The Balaban J connectivity index is 2.01. The number of carbonyl (C=O) groups is 1. The highest BCUT2D eigenvalue weighted by Crippen LogP contribution is 2.26. The second kappa shape index (κ2) is 7.12. The summed E-state index contributed by atoms with van der Waals surface area (Å²) in [7, 11) is 3.01. The highest BCUT2D eigenvalue weighted by Gasteiger charge is 2.08. The molecule has 0 aliphatic rings. The van der Waals surface area contributed by atoms with Crippen LogP contribution in [0.2, 0.25) is 0 Å². The summed E-state index contributed by atoms with van der Waals surface area (Å²) in [5.74, 6) is 0.549. The van der Waals surface area contributed by atoms with Gasteiger partial charge in [-0.25, -0.2) is 5.43 Å². The largest absolute Gasteiger partial charge is 0.504 e. The van der Waals surface area contributed by atoms with Crippen molar-refractivity contribution in [2.75, 3.05) is 14.2 Å². The molecule has 6 nitrogen and oxygen atoms in total. The lowest BCUT2D eigenvalue weighted by molar-refractivity contribution is 0.0954. The molecule has 0 aliphatic heterocycles. The molecule has 0 radical (unpaired) electrons. The van der Waals surface area contributed by atoms with E-state index in [-0.39, 0.29) is 11.5 Å². The zero-order valence-corrected chi connectivity index (χ0v) is 12.2. The van der Waals surface area contributed by atoms with Crippen molar-refractivity contribution in [3.63, 3.8) is 0 Å². The third-order valence-corrected chi connectivity index (χ3v) is 2.94. The number of aromatic hydroxyl groups is 1. The summed E-state index contributed by atoms with van der Waals surface area (Å²) in [6, 6.07) is 11.5. The maximum Gasteiger partial charge on any atom is 0.271 e. The first kappa shape index (κ1) is 15.4. The van der Waals surface area contributed by atoms with Crippen molar-refractivity contribution < 1.29 is 19.4 Å². The number of rotatable bonds is 5. The Morgan fingerprint density at radius 1 is 1.14 bits per heavy atom. The van der Waals surface area contributed by atoms with Crippen LogP contribution in [0, 0.1) is 0 Å². The maximum atomic E-state index is 11.9. The number of hydrazone groups is 1. The molecule has 0 fully saturated rings. The smallest absolute Gasteiger partial charge is 0.271 e. The molecule has 2 aromatic carbocycles. The summed E-state index contributed by atoms with van der Waals surface area (Å²) in [4.78, 5) is 11.9. The Labute approximate surface area is 128 Å². The molecule has 1 amide bonds. The fourth-order valence-electron chi connectivity index (χ4n) is 1.74. The van der Waals surface area contributed by atoms with Crippen LogP contribution in [0.4, 0.5) is 0 Å². The third kappa shape index (κ3) is 3.76. The first-order chi connectivity index (χ1) is 10.6. The van der Waals surface area contributed by atoms with Crippen LogP contribution in [0.5, 0.6) is 17.2 Å². The van der Waals surface area contributed by atoms with Crippen molar-refractivity contribution in [3.05, 3.63) is 53.6 Å². The van der Waals surface area contributed by atoms with E-state index in [1.54, 1.807) is 19.2 Å². The highest BCUT2D eigenvalue weighted by atomic mass is 16.5. The van der Waals surface area contributed by atoms with Crippen LogP contribution >= 0.6 is 0 Å². The van der Waals surface area contributed by atoms with Gasteiger partial charge in [-0.2, -0.15) is 5.10 Å². The quantitative estimate of drug-likeness (QED) is 0.655. The fourth-order valence-corrected chi connectivity index (χ4v) is 1.74. The fraction of sp³-hybridized carbons (Fsp3) is 0.125. The minimum Gasteiger partial charge on any atom is -0.504 e. The summed E-state index contributed by atoms with van der Waals surface area (Å²) in [6.07, 6.45) is 1.52. The SMILES string of the molecule is COc1ccc(/C=N/NC(=O)c2ccc(O)c(OC)c2)cc1. The van der Waals surface area contributed by atoms with Crippen molar-refractivity contribution in [1.29, 1.82) is 0 Å². The van der Waals surface area contributed by atoms with E-state index in [0.717, 1.165) is 11.3 Å². The number of ether oxygens (including phenoxy) is 2. The first-order valence-electron chi connectivity index (χ1n) is 6.48. The maximum absolute atomic E-state index is 11.9. The molecular formula is C16H16N2O4. The van der Waals surface area contributed by atoms with Gasteiger partial charge in [0.05, 0.1) is 20.4 Å². The predicted octanol–water partition coefficient (Wildman–Crippen LogP) is 2.17. The van der Waals surface area contributed by atoms with Gasteiger partial charge in [0.15, 0.2) is 11.5 Å². The molecule has 0 atom stereocenters. The molecule has 2 aromatic rings. The number of benzene rings is 2. The van der Waals surface area contributed by atoms with E-state index in [9.17, 15) is 9.90 Å². The molecule has 2 rings (SSSR count). The van der Waals surface area contributed by atoms with E-state index in [4.69, 9.17) is 9.47 Å². The summed E-state index contributed by atoms with van der Waals surface area (Å²) in [5, 5.41) is 13.4. The van der Waals surface area contributed by atoms with Crippen molar-refractivity contribution in [2.24, 2.45) is 5.10 Å². The van der Waals surface area contributed by atoms with E-state index in [1.165, 1.54) is 31.5 Å². The van der Waals surface area contributed by atoms with Crippen LogP contribution in [0.1, 0.15) is 15.9 Å². The average molecular weight is 300 g/mol. The minimum absolute atomic E-state index is 0.0271. The van der Waals surface area contributed by atoms with Crippen molar-refractivity contribution in [3.8, 4) is 17.2 Å². The topological polar surface area (TPSA) is 80.2 Å². The van der Waals surface area contributed by atoms with Crippen LogP contribution in [0.3, 0.4) is 0 Å². The number of hydrogen-bond donors (Lipinski definition) is 2. The molecule has 0 aromatic heterocycles. The summed E-state index contributed by atoms with van der Waals surface area (Å²) < 4.78 is 10.0. The number of nitrogens with zero attached hydrogens (tertiary/aromatic N) is 1. The van der Waals surface area contributed by atoms with Crippen LogP contribution in [-0.2, 0) is 0 Å². The van der Waals surface area contributed by atoms with E-state index in [2.05, 4.69) is 10.5 Å². The van der Waals surface area contributed by atoms with Crippen LogP contribution in [-0.4, -0.2) is 31.4 Å². The second-order valence-electron chi connectivity index (χ2n) is 4.36. The number of phenolic OH excluding ortho intramolecular Hbond substituents is 1.